The molecule has 0 N–H and O–H groups in total. The van der Waals surface area contributed by atoms with Crippen molar-refractivity contribution in [2.45, 2.75) is 38.2 Å². The lowest BCUT2D eigenvalue weighted by Gasteiger charge is -2.37. The van der Waals surface area contributed by atoms with E-state index in [0.717, 1.165) is 28.3 Å². The number of fused-ring (bicyclic) bond motifs is 1. The van der Waals surface area contributed by atoms with E-state index in [4.69, 9.17) is 14.5 Å². The minimum absolute atomic E-state index is 0.145. The Kier molecular flexibility index (Phi) is 6.48. The van der Waals surface area contributed by atoms with Gasteiger partial charge >= 0.3 is 5.97 Å². The van der Waals surface area contributed by atoms with Crippen LogP contribution in [0.15, 0.2) is 75.6 Å². The van der Waals surface area contributed by atoms with Crippen LogP contribution in [0.2, 0.25) is 0 Å². The number of rotatable bonds is 6. The van der Waals surface area contributed by atoms with Crippen LogP contribution in [0.4, 0.5) is 0 Å². The van der Waals surface area contributed by atoms with Crippen LogP contribution in [0.25, 0.3) is 0 Å². The average molecular weight is 492 g/mol. The number of nitrogens with zero attached hydrogens (tertiary/aromatic N) is 1. The predicted octanol–water partition coefficient (Wildman–Crippen LogP) is 6.14. The quantitative estimate of drug-likeness (QED) is 0.389. The van der Waals surface area contributed by atoms with Gasteiger partial charge in [-0.05, 0) is 53.9 Å². The normalized spacial score (nSPS) is 22.2. The molecular weight excluding hydrogens is 466 g/mol. The molecule has 2 aromatic heterocycles. The summed E-state index contributed by atoms with van der Waals surface area (Å²) in [6.45, 7) is 2.00. The molecule has 0 saturated heterocycles. The Bertz CT molecular complexity index is 1240. The van der Waals surface area contributed by atoms with Crippen molar-refractivity contribution in [3.05, 3.63) is 85.9 Å². The lowest BCUT2D eigenvalue weighted by Crippen LogP contribution is -2.40. The van der Waals surface area contributed by atoms with Gasteiger partial charge in [-0.3, -0.25) is 9.79 Å². The molecule has 2 aliphatic rings. The average Bonchev–Trinajstić information content (AvgIpc) is 3.56. The molecule has 1 aliphatic heterocycles. The number of aliphatic imine (C=N–C) groups is 1. The summed E-state index contributed by atoms with van der Waals surface area (Å²) >= 11 is 3.25. The molecule has 3 unspecified atom stereocenters. The largest absolute Gasteiger partial charge is 0.497 e. The maximum atomic E-state index is 13.5. The Hall–Kier alpha value is -3.03. The summed E-state index contributed by atoms with van der Waals surface area (Å²) in [4.78, 5) is 33.9. The summed E-state index contributed by atoms with van der Waals surface area (Å²) in [5.74, 6) is -0.132. The van der Waals surface area contributed by atoms with Crippen molar-refractivity contribution in [3.63, 3.8) is 0 Å². The number of carbonyl (C=O) groups excluding carboxylic acids is 2. The third kappa shape index (κ3) is 4.38. The van der Waals surface area contributed by atoms with E-state index in [9.17, 15) is 9.59 Å². The Morgan fingerprint density at radius 2 is 1.71 bits per heavy atom. The van der Waals surface area contributed by atoms with Gasteiger partial charge in [0.2, 0.25) is 0 Å². The van der Waals surface area contributed by atoms with Crippen LogP contribution < -0.4 is 4.74 Å². The zero-order valence-corrected chi connectivity index (χ0v) is 20.7. The highest BCUT2D eigenvalue weighted by atomic mass is 32.1. The first-order chi connectivity index (χ1) is 16.5. The van der Waals surface area contributed by atoms with Gasteiger partial charge in [0.1, 0.15) is 18.1 Å². The number of Topliss-reactive ketones (excluding diaryl/α,β-unsaturated/α-hetero) is 1. The summed E-state index contributed by atoms with van der Waals surface area (Å²) in [5.41, 5.74) is 2.89. The number of hydrogen-bond acceptors (Lipinski definition) is 7. The molecule has 5 nitrogen and oxygen atoms in total. The summed E-state index contributed by atoms with van der Waals surface area (Å²) in [6.07, 6.45) is 1.21. The van der Waals surface area contributed by atoms with Crippen molar-refractivity contribution in [1.82, 2.24) is 0 Å². The Morgan fingerprint density at radius 3 is 2.35 bits per heavy atom. The van der Waals surface area contributed by atoms with Gasteiger partial charge in [-0.1, -0.05) is 24.3 Å². The van der Waals surface area contributed by atoms with E-state index in [-0.39, 0.29) is 24.2 Å². The van der Waals surface area contributed by atoms with Gasteiger partial charge in [0.15, 0.2) is 0 Å². The maximum absolute atomic E-state index is 13.5. The van der Waals surface area contributed by atoms with Crippen molar-refractivity contribution >= 4 is 40.1 Å². The molecule has 7 heteroatoms. The second kappa shape index (κ2) is 9.68. The number of ether oxygens (including phenoxy) is 2. The molecule has 0 spiro atoms. The van der Waals surface area contributed by atoms with Crippen LogP contribution in [-0.2, 0) is 20.9 Å². The van der Waals surface area contributed by atoms with Gasteiger partial charge in [0.05, 0.1) is 18.6 Å². The highest BCUT2D eigenvalue weighted by Crippen LogP contribution is 2.47. The highest BCUT2D eigenvalue weighted by molar-refractivity contribution is 7.10. The molecule has 3 atom stereocenters. The van der Waals surface area contributed by atoms with Gasteiger partial charge in [0, 0.05) is 39.4 Å². The monoisotopic (exact) mass is 491 g/mol. The first-order valence-electron chi connectivity index (χ1n) is 11.2. The second-order valence-electron chi connectivity index (χ2n) is 8.58. The van der Waals surface area contributed by atoms with Crippen LogP contribution in [0.5, 0.6) is 5.75 Å². The van der Waals surface area contributed by atoms with Crippen molar-refractivity contribution < 1.29 is 19.1 Å². The van der Waals surface area contributed by atoms with Gasteiger partial charge in [-0.15, -0.1) is 22.7 Å². The zero-order valence-electron chi connectivity index (χ0n) is 19.0. The van der Waals surface area contributed by atoms with E-state index in [0.29, 0.717) is 17.7 Å². The molecular formula is C27H25NO4S2. The summed E-state index contributed by atoms with van der Waals surface area (Å²) in [7, 11) is 1.61. The number of esters is 1. The molecule has 1 fully saturated rings. The van der Waals surface area contributed by atoms with Crippen LogP contribution in [0.1, 0.15) is 46.9 Å². The van der Waals surface area contributed by atoms with E-state index in [1.807, 2.05) is 60.1 Å². The van der Waals surface area contributed by atoms with Crippen LogP contribution in [0, 0.1) is 5.92 Å². The number of thiophene rings is 2. The maximum Gasteiger partial charge on any atom is 0.336 e. The van der Waals surface area contributed by atoms with Crippen LogP contribution in [-0.4, -0.2) is 24.6 Å². The number of benzene rings is 1. The van der Waals surface area contributed by atoms with Crippen LogP contribution in [0.3, 0.4) is 0 Å². The molecule has 1 aromatic carbocycles. The van der Waals surface area contributed by atoms with Gasteiger partial charge in [-0.2, -0.15) is 0 Å². The predicted molar refractivity (Wildman–Crippen MR) is 135 cm³/mol. The zero-order chi connectivity index (χ0) is 23.7. The van der Waals surface area contributed by atoms with Crippen LogP contribution >= 0.6 is 22.7 Å². The number of hydrogen-bond donors (Lipinski definition) is 0. The van der Waals surface area contributed by atoms with E-state index >= 15 is 0 Å². The summed E-state index contributed by atoms with van der Waals surface area (Å²) in [6, 6.07) is 15.5. The smallest absolute Gasteiger partial charge is 0.336 e. The van der Waals surface area contributed by atoms with E-state index < -0.39 is 11.9 Å². The fraction of sp³-hybridized carbons (Fsp3) is 0.296. The van der Waals surface area contributed by atoms with E-state index in [2.05, 4.69) is 6.07 Å². The van der Waals surface area contributed by atoms with Gasteiger partial charge in [-0.25, -0.2) is 4.79 Å². The highest BCUT2D eigenvalue weighted by Gasteiger charge is 2.46. The molecule has 3 heterocycles. The van der Waals surface area contributed by atoms with Crippen molar-refractivity contribution in [2.24, 2.45) is 10.9 Å². The Morgan fingerprint density at radius 1 is 1.00 bits per heavy atom. The molecule has 1 saturated carbocycles. The first-order valence-corrected chi connectivity index (χ1v) is 13.0. The molecule has 5 rings (SSSR count). The first kappa shape index (κ1) is 22.7. The lowest BCUT2D eigenvalue weighted by atomic mass is 9.68. The molecule has 0 radical (unpaired) electrons. The third-order valence-electron chi connectivity index (χ3n) is 6.50. The number of carbonyl (C=O) groups is 2. The minimum atomic E-state index is -0.415. The standard InChI is InChI=1S/C27H25NO4S2/c1-16-24(27(30)32-15-17-7-9-19(31-2)10-8-17)26(23-6-4-12-34-23)25-20(28-16)13-18(14-21(25)29)22-5-3-11-33-22/h3-12,18,25-26H,13-15H2,1-2H3. The van der Waals surface area contributed by atoms with Crippen molar-refractivity contribution in [2.75, 3.05) is 7.11 Å². The molecule has 0 bridgehead atoms. The van der Waals surface area contributed by atoms with E-state index in [1.165, 1.54) is 4.88 Å². The number of ketones is 1. The summed E-state index contributed by atoms with van der Waals surface area (Å²) < 4.78 is 10.9. The lowest BCUT2D eigenvalue weighted by molar-refractivity contribution is -0.140. The Labute approximate surface area is 206 Å². The van der Waals surface area contributed by atoms with Gasteiger partial charge in [0.25, 0.3) is 0 Å². The molecule has 0 amide bonds. The number of methoxy groups -OCH3 is 1. The molecule has 3 aromatic rings. The summed E-state index contributed by atoms with van der Waals surface area (Å²) in [5, 5.41) is 4.03. The third-order valence-corrected chi connectivity index (χ3v) is 8.49. The van der Waals surface area contributed by atoms with Crippen molar-refractivity contribution in [1.29, 1.82) is 0 Å². The minimum Gasteiger partial charge on any atom is -0.497 e. The number of allylic oxidation sites excluding steroid dienone is 1. The molecule has 1 aliphatic carbocycles. The van der Waals surface area contributed by atoms with E-state index in [1.54, 1.807) is 29.8 Å². The fourth-order valence-electron chi connectivity index (χ4n) is 4.89. The van der Waals surface area contributed by atoms with Crippen molar-refractivity contribution in [3.8, 4) is 5.75 Å². The fourth-order valence-corrected chi connectivity index (χ4v) is 6.59. The second-order valence-corrected chi connectivity index (χ2v) is 10.5. The van der Waals surface area contributed by atoms with Gasteiger partial charge < -0.3 is 9.47 Å². The molecule has 34 heavy (non-hydrogen) atoms. The SMILES string of the molecule is COc1ccc(COC(=O)C2=C(C)N=C3CC(c4cccs4)CC(=O)C3C2c2cccs2)cc1. The molecule has 174 valence electrons. The Balaban J connectivity index is 1.45. The topological polar surface area (TPSA) is 65.0 Å².